The van der Waals surface area contributed by atoms with Crippen LogP contribution < -0.4 is 5.32 Å². The van der Waals surface area contributed by atoms with Crippen molar-refractivity contribution in [3.63, 3.8) is 0 Å². The Balaban J connectivity index is 1.50. The molecule has 2 saturated heterocycles. The van der Waals surface area contributed by atoms with Gasteiger partial charge < -0.3 is 4.74 Å². The van der Waals surface area contributed by atoms with Crippen molar-refractivity contribution >= 4 is 29.5 Å². The third kappa shape index (κ3) is 4.67. The normalized spacial score (nSPS) is 22.9. The summed E-state index contributed by atoms with van der Waals surface area (Å²) in [6.45, 7) is 4.21. The maximum atomic E-state index is 13.3. The third-order valence-electron chi connectivity index (χ3n) is 5.67. The molecule has 2 atom stereocenters. The van der Waals surface area contributed by atoms with Crippen molar-refractivity contribution in [2.45, 2.75) is 49.0 Å². The Kier molecular flexibility index (Phi) is 6.16. The highest BCUT2D eigenvalue weighted by atomic mass is 32.2. The minimum atomic E-state index is -0.565. The van der Waals surface area contributed by atoms with Gasteiger partial charge in [-0.2, -0.15) is 0 Å². The molecule has 0 aliphatic carbocycles. The number of imide groups is 1. The second-order valence-corrected chi connectivity index (χ2v) is 10.2. The number of rotatable bonds is 6. The molecule has 1 unspecified atom stereocenters. The van der Waals surface area contributed by atoms with E-state index >= 15 is 0 Å². The lowest BCUT2D eigenvalue weighted by Gasteiger charge is -2.26. The largest absolute Gasteiger partial charge is 0.451 e. The molecule has 162 valence electrons. The number of hydrogen-bond acceptors (Lipinski definition) is 6. The van der Waals surface area contributed by atoms with Gasteiger partial charge in [-0.15, -0.1) is 11.8 Å². The number of carbonyl (C=O) groups is 3. The van der Waals surface area contributed by atoms with E-state index in [1.165, 1.54) is 4.90 Å². The maximum Gasteiger partial charge on any atom is 0.325 e. The van der Waals surface area contributed by atoms with Gasteiger partial charge in [-0.25, -0.2) is 0 Å². The van der Waals surface area contributed by atoms with Gasteiger partial charge in [-0.05, 0) is 25.0 Å². The number of nitrogens with zero attached hydrogens (tertiary/aromatic N) is 1. The van der Waals surface area contributed by atoms with Crippen LogP contribution in [0.5, 0.6) is 0 Å². The van der Waals surface area contributed by atoms with Crippen LogP contribution in [0.15, 0.2) is 60.7 Å². The quantitative estimate of drug-likeness (QED) is 0.551. The number of thioether (sulfide) groups is 1. The first kappa shape index (κ1) is 21.6. The van der Waals surface area contributed by atoms with Crippen LogP contribution in [0.1, 0.15) is 43.9 Å². The highest BCUT2D eigenvalue weighted by Crippen LogP contribution is 2.40. The summed E-state index contributed by atoms with van der Waals surface area (Å²) in [7, 11) is 0. The molecule has 2 fully saturated rings. The van der Waals surface area contributed by atoms with Crippen molar-refractivity contribution in [3.05, 3.63) is 71.8 Å². The van der Waals surface area contributed by atoms with Crippen LogP contribution in [0.3, 0.4) is 0 Å². The number of nitrogens with one attached hydrogen (secondary N) is 1. The molecule has 6 nitrogen and oxygen atoms in total. The molecule has 1 N–H and O–H groups in total. The number of benzene rings is 2. The van der Waals surface area contributed by atoms with E-state index in [1.54, 1.807) is 11.8 Å². The zero-order valence-electron chi connectivity index (χ0n) is 17.6. The lowest BCUT2D eigenvalue weighted by Crippen LogP contribution is -2.48. The van der Waals surface area contributed by atoms with Crippen molar-refractivity contribution in [2.75, 3.05) is 6.54 Å². The van der Waals surface area contributed by atoms with Gasteiger partial charge in [0.25, 0.3) is 0 Å². The molecule has 2 amide bonds. The zero-order valence-corrected chi connectivity index (χ0v) is 18.4. The van der Waals surface area contributed by atoms with Crippen LogP contribution in [0.25, 0.3) is 0 Å². The second-order valence-electron chi connectivity index (χ2n) is 8.35. The fourth-order valence-electron chi connectivity index (χ4n) is 4.06. The van der Waals surface area contributed by atoms with Crippen molar-refractivity contribution in [1.82, 2.24) is 10.2 Å². The topological polar surface area (TPSA) is 75.7 Å². The first-order valence-corrected chi connectivity index (χ1v) is 11.3. The summed E-state index contributed by atoms with van der Waals surface area (Å²) >= 11 is 1.56. The van der Waals surface area contributed by atoms with E-state index in [0.717, 1.165) is 11.1 Å². The molecule has 2 heterocycles. The summed E-state index contributed by atoms with van der Waals surface area (Å²) in [5.41, 5.74) is 1.80. The fourth-order valence-corrected chi connectivity index (χ4v) is 5.52. The fraction of sp³-hybridized carbons (Fsp3) is 0.375. The molecule has 2 aromatic carbocycles. The summed E-state index contributed by atoms with van der Waals surface area (Å²) in [6, 6.07) is 18.8. The number of ether oxygens (including phenoxy) is 1. The van der Waals surface area contributed by atoms with Crippen LogP contribution in [-0.2, 0) is 19.1 Å². The van der Waals surface area contributed by atoms with E-state index in [9.17, 15) is 14.4 Å². The molecular formula is C24H26N2O4S. The molecule has 4 rings (SSSR count). The summed E-state index contributed by atoms with van der Waals surface area (Å²) in [5, 5.41) is 3.08. The van der Waals surface area contributed by atoms with Gasteiger partial charge in [0.15, 0.2) is 6.10 Å². The van der Waals surface area contributed by atoms with Gasteiger partial charge in [-0.1, -0.05) is 60.7 Å². The Labute approximate surface area is 186 Å². The highest BCUT2D eigenvalue weighted by molar-refractivity contribution is 8.01. The van der Waals surface area contributed by atoms with Crippen LogP contribution in [0, 0.1) is 0 Å². The number of hydrogen-bond donors (Lipinski definition) is 1. The van der Waals surface area contributed by atoms with E-state index in [4.69, 9.17) is 4.74 Å². The van der Waals surface area contributed by atoms with Gasteiger partial charge in [0.05, 0.1) is 11.9 Å². The number of esters is 1. The van der Waals surface area contributed by atoms with Crippen molar-refractivity contribution < 1.29 is 19.1 Å². The van der Waals surface area contributed by atoms with E-state index in [-0.39, 0.29) is 42.5 Å². The molecule has 2 aliphatic rings. The minimum Gasteiger partial charge on any atom is -0.451 e. The average Bonchev–Trinajstić information content (AvgIpc) is 3.25. The number of likely N-dealkylation sites (tertiary alicyclic amines) is 1. The third-order valence-corrected chi connectivity index (χ3v) is 7.08. The standard InChI is InChI=1S/C24H26N2O4S/c1-24(2)22(25-18(31-24)15-26-19(27)13-14-20(26)28)23(29)30-21(16-9-5-3-6-10-16)17-11-7-4-8-12-17/h3-12,18,21-22,25H,13-15H2,1-2H3/t18?,22-/m0/s1. The molecule has 0 saturated carbocycles. The Morgan fingerprint density at radius 3 is 2.06 bits per heavy atom. The smallest absolute Gasteiger partial charge is 0.325 e. The monoisotopic (exact) mass is 438 g/mol. The van der Waals surface area contributed by atoms with Gasteiger partial charge in [0.2, 0.25) is 11.8 Å². The maximum absolute atomic E-state index is 13.3. The lowest BCUT2D eigenvalue weighted by atomic mass is 10.00. The number of carbonyl (C=O) groups excluding carboxylic acids is 3. The Hall–Kier alpha value is -2.64. The SMILES string of the molecule is CC1(C)SC(CN2C(=O)CCC2=O)N[C@H]1C(=O)OC(c1ccccc1)c1ccccc1. The predicted octanol–water partition coefficient (Wildman–Crippen LogP) is 3.28. The molecule has 2 aromatic rings. The van der Waals surface area contributed by atoms with E-state index in [2.05, 4.69) is 5.32 Å². The predicted molar refractivity (Wildman–Crippen MR) is 119 cm³/mol. The van der Waals surface area contributed by atoms with Crippen molar-refractivity contribution in [1.29, 1.82) is 0 Å². The van der Waals surface area contributed by atoms with Gasteiger partial charge >= 0.3 is 5.97 Å². The molecule has 7 heteroatoms. The zero-order chi connectivity index (χ0) is 22.0. The highest BCUT2D eigenvalue weighted by Gasteiger charge is 2.48. The molecule has 0 bridgehead atoms. The van der Waals surface area contributed by atoms with Crippen LogP contribution in [0.2, 0.25) is 0 Å². The van der Waals surface area contributed by atoms with E-state index in [1.807, 2.05) is 74.5 Å². The second kappa shape index (κ2) is 8.85. The van der Waals surface area contributed by atoms with Gasteiger partial charge in [0.1, 0.15) is 6.04 Å². The Bertz CT molecular complexity index is 909. The Morgan fingerprint density at radius 1 is 1.03 bits per heavy atom. The first-order chi connectivity index (χ1) is 14.8. The van der Waals surface area contributed by atoms with Crippen LogP contribution in [-0.4, -0.2) is 45.4 Å². The summed E-state index contributed by atoms with van der Waals surface area (Å²) in [4.78, 5) is 38.6. The summed E-state index contributed by atoms with van der Waals surface area (Å²) < 4.78 is 5.59. The number of amides is 2. The van der Waals surface area contributed by atoms with E-state index < -0.39 is 16.9 Å². The Morgan fingerprint density at radius 2 is 1.55 bits per heavy atom. The molecule has 0 radical (unpaired) electrons. The first-order valence-electron chi connectivity index (χ1n) is 10.4. The average molecular weight is 439 g/mol. The molecular weight excluding hydrogens is 412 g/mol. The summed E-state index contributed by atoms with van der Waals surface area (Å²) in [5.74, 6) is -0.648. The molecule has 31 heavy (non-hydrogen) atoms. The minimum absolute atomic E-state index is 0.149. The lowest BCUT2D eigenvalue weighted by molar-refractivity contribution is -0.150. The van der Waals surface area contributed by atoms with Gasteiger partial charge in [0, 0.05) is 17.6 Å². The molecule has 0 spiro atoms. The van der Waals surface area contributed by atoms with Crippen molar-refractivity contribution in [3.8, 4) is 0 Å². The summed E-state index contributed by atoms with van der Waals surface area (Å²) in [6.07, 6.45) is 0.0141. The van der Waals surface area contributed by atoms with Crippen LogP contribution >= 0.6 is 11.8 Å². The van der Waals surface area contributed by atoms with Gasteiger partial charge in [-0.3, -0.25) is 24.6 Å². The molecule has 0 aromatic heterocycles. The molecule has 2 aliphatic heterocycles. The van der Waals surface area contributed by atoms with Crippen LogP contribution in [0.4, 0.5) is 0 Å². The van der Waals surface area contributed by atoms with E-state index in [0.29, 0.717) is 0 Å². The van der Waals surface area contributed by atoms with Crippen molar-refractivity contribution in [2.24, 2.45) is 0 Å².